The molecule has 0 atom stereocenters. The quantitative estimate of drug-likeness (QED) is 0.477. The molecule has 10 nitrogen and oxygen atoms in total. The number of nitrogens with zero attached hydrogens (tertiary/aromatic N) is 5. The van der Waals surface area contributed by atoms with E-state index in [4.69, 9.17) is 14.2 Å². The molecule has 1 saturated heterocycles. The maximum Gasteiger partial charge on any atom is 0.420 e. The molecular formula is C27H34N6O4. The average Bonchev–Trinajstić information content (AvgIpc) is 2.93. The normalized spacial score (nSPS) is 13.8. The summed E-state index contributed by atoms with van der Waals surface area (Å²) in [7, 11) is 4.62. The number of anilines is 4. The highest BCUT2D eigenvalue weighted by Gasteiger charge is 2.20. The van der Waals surface area contributed by atoms with E-state index in [2.05, 4.69) is 51.1 Å². The summed E-state index contributed by atoms with van der Waals surface area (Å²) >= 11 is 0. The number of ether oxygens (including phenoxy) is 3. The molecule has 2 heterocycles. The standard InChI is InChI=1S/C27H34N6O4/c1-19(2)32-14-16-33(17-15-32)21-8-6-20(7-9-21)29-26-28-13-12-25(30-26)31(3)27(34)37-24-18-22(35-4)10-11-23(24)36-5/h6-13,18-19H,14-17H2,1-5H3,(H,28,29,30). The van der Waals surface area contributed by atoms with Crippen LogP contribution >= 0.6 is 0 Å². The monoisotopic (exact) mass is 506 g/mol. The Bertz CT molecular complexity index is 1200. The summed E-state index contributed by atoms with van der Waals surface area (Å²) in [6.45, 7) is 8.65. The minimum absolute atomic E-state index is 0.247. The Morgan fingerprint density at radius 2 is 1.70 bits per heavy atom. The Kier molecular flexibility index (Phi) is 8.29. The first-order valence-corrected chi connectivity index (χ1v) is 12.2. The van der Waals surface area contributed by atoms with Gasteiger partial charge in [0.05, 0.1) is 14.2 Å². The van der Waals surface area contributed by atoms with Crippen molar-refractivity contribution in [2.24, 2.45) is 0 Å². The van der Waals surface area contributed by atoms with Gasteiger partial charge in [0.25, 0.3) is 0 Å². The number of hydrogen-bond donors (Lipinski definition) is 1. The van der Waals surface area contributed by atoms with Gasteiger partial charge in [0.1, 0.15) is 11.6 Å². The van der Waals surface area contributed by atoms with Crippen molar-refractivity contribution < 1.29 is 19.0 Å². The summed E-state index contributed by atoms with van der Waals surface area (Å²) in [4.78, 5) is 27.8. The third-order valence-corrected chi connectivity index (χ3v) is 6.36. The van der Waals surface area contributed by atoms with E-state index in [1.165, 1.54) is 24.8 Å². The number of benzene rings is 2. The van der Waals surface area contributed by atoms with Crippen molar-refractivity contribution in [1.29, 1.82) is 0 Å². The number of amides is 1. The second kappa shape index (κ2) is 11.8. The zero-order valence-electron chi connectivity index (χ0n) is 22.0. The zero-order chi connectivity index (χ0) is 26.4. The van der Waals surface area contributed by atoms with Crippen molar-refractivity contribution in [1.82, 2.24) is 14.9 Å². The van der Waals surface area contributed by atoms with Crippen LogP contribution in [0.5, 0.6) is 17.2 Å². The zero-order valence-corrected chi connectivity index (χ0v) is 22.0. The molecule has 1 N–H and O–H groups in total. The number of piperazine rings is 1. The van der Waals surface area contributed by atoms with Crippen LogP contribution in [0.15, 0.2) is 54.7 Å². The highest BCUT2D eigenvalue weighted by molar-refractivity contribution is 5.88. The lowest BCUT2D eigenvalue weighted by atomic mass is 10.2. The van der Waals surface area contributed by atoms with E-state index in [0.717, 1.165) is 31.9 Å². The van der Waals surface area contributed by atoms with Crippen LogP contribution in [0.4, 0.5) is 27.9 Å². The topological polar surface area (TPSA) is 92.3 Å². The summed E-state index contributed by atoms with van der Waals surface area (Å²) in [6, 6.07) is 15.4. The molecule has 1 aromatic heterocycles. The van der Waals surface area contributed by atoms with Crippen LogP contribution in [0.3, 0.4) is 0 Å². The Morgan fingerprint density at radius 1 is 0.973 bits per heavy atom. The van der Waals surface area contributed by atoms with Crippen molar-refractivity contribution in [2.45, 2.75) is 19.9 Å². The number of methoxy groups -OCH3 is 2. The number of rotatable bonds is 8. The average molecular weight is 507 g/mol. The van der Waals surface area contributed by atoms with Gasteiger partial charge in [0.15, 0.2) is 11.5 Å². The largest absolute Gasteiger partial charge is 0.497 e. The first-order chi connectivity index (χ1) is 17.9. The molecule has 1 fully saturated rings. The Morgan fingerprint density at radius 3 is 2.35 bits per heavy atom. The van der Waals surface area contributed by atoms with Gasteiger partial charge in [-0.05, 0) is 56.3 Å². The fraction of sp³-hybridized carbons (Fsp3) is 0.370. The van der Waals surface area contributed by atoms with E-state index in [1.54, 1.807) is 37.5 Å². The Balaban J connectivity index is 1.39. The van der Waals surface area contributed by atoms with E-state index in [0.29, 0.717) is 29.3 Å². The lowest BCUT2D eigenvalue weighted by Gasteiger charge is -2.38. The predicted octanol–water partition coefficient (Wildman–Crippen LogP) is 4.40. The lowest BCUT2D eigenvalue weighted by molar-refractivity contribution is 0.206. The molecule has 1 amide bonds. The third-order valence-electron chi connectivity index (χ3n) is 6.36. The molecular weight excluding hydrogens is 472 g/mol. The van der Waals surface area contributed by atoms with Crippen LogP contribution in [0, 0.1) is 0 Å². The van der Waals surface area contributed by atoms with Gasteiger partial charge in [0, 0.05) is 62.9 Å². The molecule has 0 aliphatic carbocycles. The molecule has 0 saturated carbocycles. The molecule has 0 radical (unpaired) electrons. The number of aromatic nitrogens is 2. The van der Waals surface area contributed by atoms with Gasteiger partial charge in [-0.3, -0.25) is 9.80 Å². The number of hydrogen-bond acceptors (Lipinski definition) is 9. The molecule has 37 heavy (non-hydrogen) atoms. The number of carbonyl (C=O) groups is 1. The van der Waals surface area contributed by atoms with Gasteiger partial charge in [-0.1, -0.05) is 0 Å². The van der Waals surface area contributed by atoms with Crippen molar-refractivity contribution in [3.05, 3.63) is 54.7 Å². The summed E-state index contributed by atoms with van der Waals surface area (Å²) in [6.07, 6.45) is 0.960. The maximum absolute atomic E-state index is 12.8. The molecule has 4 rings (SSSR count). The fourth-order valence-electron chi connectivity index (χ4n) is 4.10. The molecule has 196 valence electrons. The maximum atomic E-state index is 12.8. The predicted molar refractivity (Wildman–Crippen MR) is 145 cm³/mol. The highest BCUT2D eigenvalue weighted by atomic mass is 16.6. The Hall–Kier alpha value is -4.05. The number of nitrogens with one attached hydrogen (secondary N) is 1. The van der Waals surface area contributed by atoms with Crippen molar-refractivity contribution in [2.75, 3.05) is 62.6 Å². The minimum Gasteiger partial charge on any atom is -0.497 e. The van der Waals surface area contributed by atoms with E-state index >= 15 is 0 Å². The Labute approximate surface area is 217 Å². The third kappa shape index (κ3) is 6.39. The molecule has 1 aliphatic rings. The van der Waals surface area contributed by atoms with Crippen LogP contribution in [0.25, 0.3) is 0 Å². The van der Waals surface area contributed by atoms with Gasteiger partial charge in [-0.15, -0.1) is 0 Å². The lowest BCUT2D eigenvalue weighted by Crippen LogP contribution is -2.48. The molecule has 10 heteroatoms. The fourth-order valence-corrected chi connectivity index (χ4v) is 4.10. The SMILES string of the molecule is COc1ccc(OC)c(OC(=O)N(C)c2ccnc(Nc3ccc(N4CCN(C(C)C)CC4)cc3)n2)c1. The first-order valence-electron chi connectivity index (χ1n) is 12.2. The minimum atomic E-state index is -0.627. The van der Waals surface area contributed by atoms with E-state index in [9.17, 15) is 4.79 Å². The molecule has 3 aromatic rings. The van der Waals surface area contributed by atoms with Gasteiger partial charge in [-0.25, -0.2) is 9.78 Å². The van der Waals surface area contributed by atoms with Crippen LogP contribution in [0.1, 0.15) is 13.8 Å². The van der Waals surface area contributed by atoms with Crippen LogP contribution in [0.2, 0.25) is 0 Å². The van der Waals surface area contributed by atoms with Crippen LogP contribution in [-0.2, 0) is 0 Å². The summed E-state index contributed by atoms with van der Waals surface area (Å²) in [5.74, 6) is 1.96. The van der Waals surface area contributed by atoms with Crippen molar-refractivity contribution >= 4 is 29.2 Å². The van der Waals surface area contributed by atoms with Gasteiger partial charge >= 0.3 is 6.09 Å². The molecule has 0 bridgehead atoms. The second-order valence-corrected chi connectivity index (χ2v) is 8.97. The summed E-state index contributed by atoms with van der Waals surface area (Å²) in [5.41, 5.74) is 2.05. The molecule has 2 aromatic carbocycles. The van der Waals surface area contributed by atoms with Gasteiger partial charge < -0.3 is 24.4 Å². The van der Waals surface area contributed by atoms with E-state index in [1.807, 2.05) is 12.1 Å². The summed E-state index contributed by atoms with van der Waals surface area (Å²) < 4.78 is 16.0. The molecule has 0 spiro atoms. The molecule has 0 unspecified atom stereocenters. The smallest absolute Gasteiger partial charge is 0.420 e. The molecule has 1 aliphatic heterocycles. The first kappa shape index (κ1) is 26.0. The van der Waals surface area contributed by atoms with Gasteiger partial charge in [0.2, 0.25) is 5.95 Å². The van der Waals surface area contributed by atoms with Crippen molar-refractivity contribution in [3.8, 4) is 17.2 Å². The summed E-state index contributed by atoms with van der Waals surface area (Å²) in [5, 5.41) is 3.21. The second-order valence-electron chi connectivity index (χ2n) is 8.97. The van der Waals surface area contributed by atoms with E-state index in [-0.39, 0.29) is 5.75 Å². The van der Waals surface area contributed by atoms with Crippen molar-refractivity contribution in [3.63, 3.8) is 0 Å². The van der Waals surface area contributed by atoms with Crippen LogP contribution in [-0.4, -0.2) is 74.4 Å². The highest BCUT2D eigenvalue weighted by Crippen LogP contribution is 2.32. The van der Waals surface area contributed by atoms with Gasteiger partial charge in [-0.2, -0.15) is 4.98 Å². The van der Waals surface area contributed by atoms with E-state index < -0.39 is 6.09 Å². The number of carbonyl (C=O) groups excluding carboxylic acids is 1. The van der Waals surface area contributed by atoms with Crippen LogP contribution < -0.4 is 29.3 Å².